The number of aliphatic hydroxyl groups is 1. The number of epoxide rings is 1. The van der Waals surface area contributed by atoms with Gasteiger partial charge in [0.2, 0.25) is 5.91 Å². The Morgan fingerprint density at radius 3 is 2.66 bits per heavy atom. The number of halogens is 1. The number of fused-ring (bicyclic) bond motifs is 5. The summed E-state index contributed by atoms with van der Waals surface area (Å²) < 4.78 is 29.0. The van der Waals surface area contributed by atoms with Crippen molar-refractivity contribution >= 4 is 46.8 Å². The Morgan fingerprint density at radius 1 is 1.22 bits per heavy atom. The predicted molar refractivity (Wildman–Crippen MR) is 188 cm³/mol. The van der Waals surface area contributed by atoms with Gasteiger partial charge in [0.15, 0.2) is 5.72 Å². The van der Waals surface area contributed by atoms with E-state index in [0.717, 1.165) is 11.1 Å². The van der Waals surface area contributed by atoms with Crippen molar-refractivity contribution in [1.82, 2.24) is 5.32 Å². The van der Waals surface area contributed by atoms with E-state index in [4.69, 9.17) is 41.0 Å². The summed E-state index contributed by atoms with van der Waals surface area (Å²) in [6.45, 7) is 7.23. The van der Waals surface area contributed by atoms with Crippen molar-refractivity contribution in [2.24, 2.45) is 5.92 Å². The fourth-order valence-corrected chi connectivity index (χ4v) is 6.98. The average Bonchev–Trinajstić information content (AvgIpc) is 3.76. The first kappa shape index (κ1) is 37.0. The first-order valence-corrected chi connectivity index (χ1v) is 16.7. The van der Waals surface area contributed by atoms with Crippen molar-refractivity contribution in [2.45, 2.75) is 82.7 Å². The van der Waals surface area contributed by atoms with E-state index >= 15 is 0 Å². The lowest BCUT2D eigenvalue weighted by Gasteiger charge is -2.42. The number of nitrogens with zero attached hydrogens (tertiary/aromatic N) is 1. The minimum Gasteiger partial charge on any atom is -0.495 e. The van der Waals surface area contributed by atoms with Gasteiger partial charge in [-0.25, -0.2) is 9.59 Å². The number of nitrogen functional groups attached to an aromatic ring is 1. The summed E-state index contributed by atoms with van der Waals surface area (Å²) in [5, 5.41) is 17.2. The molecule has 2 aromatic rings. The second-order valence-electron chi connectivity index (χ2n) is 13.3. The lowest BCUT2D eigenvalue weighted by atomic mass is 9.83. The SMILES string of the molecule is COc1cc2cc(c1Cl)N(C)C(=O)C[C@H](OC(=O)Nc1cccc(N)c1C)[C@]1(C)O[C@H]1[C@H](C)[C@@H]1C[C@@](O)(NC(=O)O1)[C@H](OC)/C=C/C=C(\C)C2. The number of nitrogens with one attached hydrogen (secondary N) is 2. The molecule has 5 N–H and O–H groups in total. The Kier molecular flexibility index (Phi) is 10.7. The number of ether oxygens (including phenoxy) is 5. The smallest absolute Gasteiger partial charge is 0.412 e. The van der Waals surface area contributed by atoms with E-state index in [1.54, 1.807) is 63.4 Å². The quantitative estimate of drug-likeness (QED) is 0.242. The number of rotatable bonds is 4. The van der Waals surface area contributed by atoms with E-state index in [1.807, 2.05) is 19.9 Å². The Morgan fingerprint density at radius 2 is 1.96 bits per heavy atom. The summed E-state index contributed by atoms with van der Waals surface area (Å²) in [5.74, 6) is -0.531. The molecule has 0 radical (unpaired) electrons. The number of amides is 3. The fourth-order valence-electron chi connectivity index (χ4n) is 6.66. The molecular weight excluding hydrogens is 668 g/mol. The van der Waals surface area contributed by atoms with Crippen LogP contribution >= 0.6 is 11.6 Å². The van der Waals surface area contributed by atoms with E-state index in [1.165, 1.54) is 19.1 Å². The van der Waals surface area contributed by atoms with Crippen molar-refractivity contribution in [1.29, 1.82) is 0 Å². The molecule has 50 heavy (non-hydrogen) atoms. The number of allylic oxidation sites excluding steroid dienone is 3. The summed E-state index contributed by atoms with van der Waals surface area (Å²) in [6, 6.07) is 8.70. The number of nitrogens with two attached hydrogens (primary N) is 1. The van der Waals surface area contributed by atoms with Crippen LogP contribution in [0.3, 0.4) is 0 Å². The predicted octanol–water partition coefficient (Wildman–Crippen LogP) is 5.26. The van der Waals surface area contributed by atoms with Gasteiger partial charge in [-0.05, 0) is 62.6 Å². The Hall–Kier alpha value is -4.30. The summed E-state index contributed by atoms with van der Waals surface area (Å²) >= 11 is 6.74. The maximum atomic E-state index is 14.0. The summed E-state index contributed by atoms with van der Waals surface area (Å²) in [7, 11) is 4.52. The van der Waals surface area contributed by atoms with Crippen LogP contribution in [0.25, 0.3) is 0 Å². The minimum atomic E-state index is -1.81. The van der Waals surface area contributed by atoms with Gasteiger partial charge in [-0.15, -0.1) is 0 Å². The molecule has 0 aliphatic carbocycles. The molecule has 0 spiro atoms. The zero-order chi connectivity index (χ0) is 36.5. The minimum absolute atomic E-state index is 0.0338. The van der Waals surface area contributed by atoms with Crippen molar-refractivity contribution in [2.75, 3.05) is 37.2 Å². The molecule has 5 rings (SSSR count). The van der Waals surface area contributed by atoms with Gasteiger partial charge in [0, 0.05) is 37.9 Å². The number of methoxy groups -OCH3 is 2. The van der Waals surface area contributed by atoms with Crippen LogP contribution in [0.5, 0.6) is 5.75 Å². The Labute approximate surface area is 296 Å². The molecule has 3 amide bonds. The molecule has 0 saturated carbocycles. The Balaban J connectivity index is 1.55. The molecule has 2 aromatic carbocycles. The third kappa shape index (κ3) is 7.55. The maximum Gasteiger partial charge on any atom is 0.412 e. The van der Waals surface area contributed by atoms with E-state index < -0.39 is 59.8 Å². The van der Waals surface area contributed by atoms with Gasteiger partial charge in [-0.2, -0.15) is 0 Å². The van der Waals surface area contributed by atoms with Gasteiger partial charge in [0.05, 0.1) is 25.3 Å². The summed E-state index contributed by atoms with van der Waals surface area (Å²) in [6.07, 6.45) is 0.307. The third-order valence-corrected chi connectivity index (χ3v) is 10.2. The second-order valence-corrected chi connectivity index (χ2v) is 13.7. The van der Waals surface area contributed by atoms with Crippen molar-refractivity contribution < 1.29 is 43.2 Å². The highest BCUT2D eigenvalue weighted by molar-refractivity contribution is 6.35. The normalized spacial score (nSPS) is 31.7. The molecule has 2 saturated heterocycles. The second kappa shape index (κ2) is 14.5. The van der Waals surface area contributed by atoms with E-state index in [9.17, 15) is 19.5 Å². The molecule has 13 nitrogen and oxygen atoms in total. The molecular formula is C36H45ClN4O9. The monoisotopic (exact) mass is 712 g/mol. The number of carbonyl (C=O) groups excluding carboxylic acids is 3. The topological polar surface area (TPSA) is 174 Å². The molecule has 14 heteroatoms. The molecule has 0 aromatic heterocycles. The van der Waals surface area contributed by atoms with E-state index in [-0.39, 0.29) is 17.9 Å². The van der Waals surface area contributed by atoms with Gasteiger partial charge in [-0.3, -0.25) is 15.4 Å². The number of hydrogen-bond acceptors (Lipinski definition) is 10. The molecule has 7 atom stereocenters. The third-order valence-electron chi connectivity index (χ3n) is 9.81. The zero-order valence-corrected chi connectivity index (χ0v) is 30.0. The van der Waals surface area contributed by atoms with Crippen molar-refractivity contribution in [3.63, 3.8) is 0 Å². The highest BCUT2D eigenvalue weighted by Crippen LogP contribution is 2.49. The van der Waals surface area contributed by atoms with Gasteiger partial charge in [0.25, 0.3) is 0 Å². The first-order valence-electron chi connectivity index (χ1n) is 16.3. The molecule has 3 heterocycles. The van der Waals surface area contributed by atoms with Gasteiger partial charge in [-0.1, -0.05) is 48.4 Å². The van der Waals surface area contributed by atoms with Gasteiger partial charge < -0.3 is 39.4 Å². The van der Waals surface area contributed by atoms with Crippen LogP contribution in [-0.2, 0) is 30.2 Å². The first-order chi connectivity index (χ1) is 23.6. The average molecular weight is 713 g/mol. The maximum absolute atomic E-state index is 14.0. The number of anilines is 3. The zero-order valence-electron chi connectivity index (χ0n) is 29.2. The van der Waals surface area contributed by atoms with Crippen LogP contribution in [0, 0.1) is 12.8 Å². The molecule has 3 aliphatic heterocycles. The lowest BCUT2D eigenvalue weighted by molar-refractivity contribution is -0.142. The number of hydrogen-bond donors (Lipinski definition) is 4. The van der Waals surface area contributed by atoms with Crippen LogP contribution in [0.4, 0.5) is 26.7 Å². The highest BCUT2D eigenvalue weighted by atomic mass is 35.5. The van der Waals surface area contributed by atoms with Crippen LogP contribution < -0.4 is 26.0 Å². The number of benzene rings is 2. The van der Waals surface area contributed by atoms with Crippen LogP contribution in [0.1, 0.15) is 44.7 Å². The standard InChI is InChI=1S/C36H45ClN4O9/c1-19-10-8-13-28(47-7)36(45)18-27(48-34(44)40-36)21(3)32-35(4,50-32)29(49-33(43)39-24-12-9-11-23(38)20(24)2)17-30(42)41(5)25-15-22(14-19)16-26(46-6)31(25)37/h8-13,15-16,21,27-29,32,45H,14,17-18,38H2,1-7H3,(H,39,43)(H,40,44)/b13-8+,19-10+/t21-,27+,28-,29+,32+,35+,36+/m1/s1. The lowest BCUT2D eigenvalue weighted by Crippen LogP contribution is -2.63. The van der Waals surface area contributed by atoms with Gasteiger partial charge in [0.1, 0.15) is 34.7 Å². The fraction of sp³-hybridized carbons (Fsp3) is 0.472. The van der Waals surface area contributed by atoms with Crippen molar-refractivity contribution in [3.05, 3.63) is 70.3 Å². The molecule has 2 fully saturated rings. The largest absolute Gasteiger partial charge is 0.495 e. The van der Waals surface area contributed by atoms with Crippen molar-refractivity contribution in [3.8, 4) is 5.75 Å². The van der Waals surface area contributed by atoms with E-state index in [2.05, 4.69) is 10.6 Å². The molecule has 0 unspecified atom stereocenters. The van der Waals surface area contributed by atoms with Crippen LogP contribution in [0.2, 0.25) is 5.02 Å². The highest BCUT2D eigenvalue weighted by Gasteiger charge is 2.64. The molecule has 4 bridgehead atoms. The number of carbonyl (C=O) groups is 3. The summed E-state index contributed by atoms with van der Waals surface area (Å²) in [5.41, 5.74) is 6.80. The summed E-state index contributed by atoms with van der Waals surface area (Å²) in [4.78, 5) is 41.6. The molecule has 3 aliphatic rings. The Bertz CT molecular complexity index is 1720. The number of alkyl carbamates (subject to hydrolysis) is 1. The van der Waals surface area contributed by atoms with Gasteiger partial charge >= 0.3 is 12.2 Å². The van der Waals surface area contributed by atoms with Crippen LogP contribution in [0.15, 0.2) is 54.1 Å². The van der Waals surface area contributed by atoms with Crippen LogP contribution in [-0.4, -0.2) is 80.2 Å². The van der Waals surface area contributed by atoms with E-state index in [0.29, 0.717) is 34.8 Å². The molecule has 270 valence electrons.